The number of hydrogen-bond acceptors (Lipinski definition) is 5. The third-order valence-corrected chi connectivity index (χ3v) is 5.99. The number of halogens is 1. The molecule has 0 fully saturated rings. The summed E-state index contributed by atoms with van der Waals surface area (Å²) in [5, 5.41) is 8.96. The Morgan fingerprint density at radius 1 is 0.935 bits per heavy atom. The van der Waals surface area contributed by atoms with Gasteiger partial charge in [-0.3, -0.25) is 4.79 Å². The van der Waals surface area contributed by atoms with Crippen LogP contribution in [0.3, 0.4) is 0 Å². The van der Waals surface area contributed by atoms with Crippen LogP contribution in [0.4, 0.5) is 0 Å². The highest BCUT2D eigenvalue weighted by molar-refractivity contribution is 7.15. The molecular weight excluding hydrogens is 430 g/mol. The molecule has 0 atom stereocenters. The summed E-state index contributed by atoms with van der Waals surface area (Å²) in [7, 11) is 0. The maximum absolute atomic E-state index is 13.0. The first kappa shape index (κ1) is 19.5. The third-order valence-electron chi connectivity index (χ3n) is 4.78. The minimum atomic E-state index is -0.139. The van der Waals surface area contributed by atoms with Crippen LogP contribution < -0.4 is 14.8 Å². The van der Waals surface area contributed by atoms with Gasteiger partial charge in [0.1, 0.15) is 12.4 Å². The average Bonchev–Trinajstić information content (AvgIpc) is 3.35. The lowest BCUT2D eigenvalue weighted by molar-refractivity contribution is 0.306. The molecule has 0 amide bonds. The molecular formula is C24H16ClN3O2S. The van der Waals surface area contributed by atoms with Crippen LogP contribution in [0.5, 0.6) is 5.75 Å². The number of rotatable bonds is 5. The van der Waals surface area contributed by atoms with Crippen molar-refractivity contribution in [2.45, 2.75) is 6.61 Å². The first-order valence-electron chi connectivity index (χ1n) is 9.60. The van der Waals surface area contributed by atoms with Crippen LogP contribution in [0.25, 0.3) is 22.4 Å². The molecule has 3 aromatic carbocycles. The van der Waals surface area contributed by atoms with E-state index in [9.17, 15) is 4.79 Å². The van der Waals surface area contributed by atoms with E-state index >= 15 is 0 Å². The Morgan fingerprint density at radius 2 is 1.68 bits per heavy atom. The van der Waals surface area contributed by atoms with Gasteiger partial charge in [0, 0.05) is 10.6 Å². The molecule has 0 aliphatic carbocycles. The topological polar surface area (TPSA) is 56.5 Å². The molecule has 0 unspecified atom stereocenters. The Morgan fingerprint density at radius 3 is 2.42 bits per heavy atom. The summed E-state index contributed by atoms with van der Waals surface area (Å²) in [6, 6.07) is 24.9. The summed E-state index contributed by atoms with van der Waals surface area (Å²) in [6.07, 6.45) is 1.86. The lowest BCUT2D eigenvalue weighted by Crippen LogP contribution is -2.23. The molecule has 0 spiro atoms. The Kier molecular flexibility index (Phi) is 5.24. The second-order valence-corrected chi connectivity index (χ2v) is 8.35. The van der Waals surface area contributed by atoms with Crippen molar-refractivity contribution in [1.82, 2.24) is 14.6 Å². The fourth-order valence-corrected chi connectivity index (χ4v) is 4.24. The minimum Gasteiger partial charge on any atom is -0.489 e. The SMILES string of the molecule is O=c1/c(=C\c2ccc(OCc3ccccc3)cc2)sc2nnc(-c3ccc(Cl)cc3)n12. The van der Waals surface area contributed by atoms with Crippen LogP contribution in [0.1, 0.15) is 11.1 Å². The van der Waals surface area contributed by atoms with E-state index in [-0.39, 0.29) is 5.56 Å². The van der Waals surface area contributed by atoms with Crippen LogP contribution in [0.2, 0.25) is 5.02 Å². The van der Waals surface area contributed by atoms with E-state index in [0.29, 0.717) is 26.9 Å². The van der Waals surface area contributed by atoms with Gasteiger partial charge in [0.05, 0.1) is 4.53 Å². The van der Waals surface area contributed by atoms with E-state index in [1.165, 1.54) is 15.7 Å². The van der Waals surface area contributed by atoms with Crippen LogP contribution in [0.15, 0.2) is 83.7 Å². The van der Waals surface area contributed by atoms with Gasteiger partial charge in [-0.25, -0.2) is 4.40 Å². The molecule has 5 nitrogen and oxygen atoms in total. The molecule has 5 aromatic rings. The van der Waals surface area contributed by atoms with Gasteiger partial charge in [-0.15, -0.1) is 10.2 Å². The van der Waals surface area contributed by atoms with Crippen LogP contribution in [0, 0.1) is 0 Å². The van der Waals surface area contributed by atoms with Gasteiger partial charge in [-0.2, -0.15) is 0 Å². The predicted molar refractivity (Wildman–Crippen MR) is 124 cm³/mol. The summed E-state index contributed by atoms with van der Waals surface area (Å²) in [5.41, 5.74) is 2.67. The Bertz CT molecular complexity index is 1440. The highest BCUT2D eigenvalue weighted by Crippen LogP contribution is 2.20. The largest absolute Gasteiger partial charge is 0.489 e. The zero-order chi connectivity index (χ0) is 21.2. The molecule has 2 heterocycles. The van der Waals surface area contributed by atoms with Gasteiger partial charge < -0.3 is 4.74 Å². The van der Waals surface area contributed by atoms with Crippen molar-refractivity contribution >= 4 is 34.0 Å². The maximum Gasteiger partial charge on any atom is 0.276 e. The predicted octanol–water partition coefficient (Wildman–Crippen LogP) is 4.60. The van der Waals surface area contributed by atoms with Crippen molar-refractivity contribution in [3.05, 3.63) is 110 Å². The number of aromatic nitrogens is 3. The van der Waals surface area contributed by atoms with Gasteiger partial charge in [-0.05, 0) is 53.6 Å². The molecule has 0 aliphatic rings. The second-order valence-electron chi connectivity index (χ2n) is 6.91. The fourth-order valence-electron chi connectivity index (χ4n) is 3.20. The monoisotopic (exact) mass is 445 g/mol. The number of thiazole rings is 1. The molecule has 0 aliphatic heterocycles. The second kappa shape index (κ2) is 8.34. The van der Waals surface area contributed by atoms with Crippen LogP contribution in [-0.4, -0.2) is 14.6 Å². The smallest absolute Gasteiger partial charge is 0.276 e. The summed E-state index contributed by atoms with van der Waals surface area (Å²) in [5.74, 6) is 1.29. The molecule has 5 rings (SSSR count). The van der Waals surface area contributed by atoms with E-state index in [4.69, 9.17) is 16.3 Å². The summed E-state index contributed by atoms with van der Waals surface area (Å²) in [6.45, 7) is 0.511. The highest BCUT2D eigenvalue weighted by atomic mass is 35.5. The summed E-state index contributed by atoms with van der Waals surface area (Å²) in [4.78, 5) is 13.6. The first-order valence-corrected chi connectivity index (χ1v) is 10.8. The van der Waals surface area contributed by atoms with E-state index in [0.717, 1.165) is 22.4 Å². The molecule has 7 heteroatoms. The first-order chi connectivity index (χ1) is 15.2. The Balaban J connectivity index is 1.41. The van der Waals surface area contributed by atoms with Gasteiger partial charge in [0.15, 0.2) is 5.82 Å². The van der Waals surface area contributed by atoms with Gasteiger partial charge in [0.2, 0.25) is 4.96 Å². The van der Waals surface area contributed by atoms with Gasteiger partial charge in [-0.1, -0.05) is 65.4 Å². The number of nitrogens with zero attached hydrogens (tertiary/aromatic N) is 3. The van der Waals surface area contributed by atoms with Crippen molar-refractivity contribution in [3.8, 4) is 17.1 Å². The van der Waals surface area contributed by atoms with Crippen molar-refractivity contribution in [3.63, 3.8) is 0 Å². The standard InChI is InChI=1S/C24H16ClN3O2S/c25-19-10-8-18(9-11-19)22-26-27-24-28(22)23(29)21(31-24)14-16-6-12-20(13-7-16)30-15-17-4-2-1-3-5-17/h1-14H,15H2/b21-14+. The molecule has 152 valence electrons. The lowest BCUT2D eigenvalue weighted by atomic mass is 10.2. The van der Waals surface area contributed by atoms with Crippen LogP contribution in [-0.2, 0) is 6.61 Å². The molecule has 0 N–H and O–H groups in total. The van der Waals surface area contributed by atoms with Crippen molar-refractivity contribution < 1.29 is 4.74 Å². The fraction of sp³-hybridized carbons (Fsp3) is 0.0417. The molecule has 0 bridgehead atoms. The van der Waals surface area contributed by atoms with Crippen molar-refractivity contribution in [2.75, 3.05) is 0 Å². The average molecular weight is 446 g/mol. The molecule has 0 radical (unpaired) electrons. The molecule has 0 saturated carbocycles. The lowest BCUT2D eigenvalue weighted by Gasteiger charge is -2.06. The molecule has 2 aromatic heterocycles. The highest BCUT2D eigenvalue weighted by Gasteiger charge is 2.14. The van der Waals surface area contributed by atoms with E-state index in [1.54, 1.807) is 12.1 Å². The summed E-state index contributed by atoms with van der Waals surface area (Å²) >= 11 is 7.28. The Hall–Kier alpha value is -3.48. The van der Waals surface area contributed by atoms with Crippen molar-refractivity contribution in [2.24, 2.45) is 0 Å². The van der Waals surface area contributed by atoms with E-state index in [2.05, 4.69) is 10.2 Å². The Labute approximate surface area is 186 Å². The quantitative estimate of drug-likeness (QED) is 0.397. The number of fused-ring (bicyclic) bond motifs is 1. The zero-order valence-electron chi connectivity index (χ0n) is 16.2. The van der Waals surface area contributed by atoms with Crippen molar-refractivity contribution in [1.29, 1.82) is 0 Å². The molecule has 31 heavy (non-hydrogen) atoms. The number of benzene rings is 3. The zero-order valence-corrected chi connectivity index (χ0v) is 17.8. The number of hydrogen-bond donors (Lipinski definition) is 0. The summed E-state index contributed by atoms with van der Waals surface area (Å²) < 4.78 is 7.96. The van der Waals surface area contributed by atoms with E-state index in [1.807, 2.05) is 72.8 Å². The maximum atomic E-state index is 13.0. The van der Waals surface area contributed by atoms with Gasteiger partial charge in [0.25, 0.3) is 5.56 Å². The normalized spacial score (nSPS) is 11.8. The number of ether oxygens (including phenoxy) is 1. The molecule has 0 saturated heterocycles. The van der Waals surface area contributed by atoms with E-state index < -0.39 is 0 Å². The van der Waals surface area contributed by atoms with Gasteiger partial charge >= 0.3 is 0 Å². The minimum absolute atomic E-state index is 0.139. The van der Waals surface area contributed by atoms with Crippen LogP contribution >= 0.6 is 22.9 Å². The third kappa shape index (κ3) is 4.08.